The second kappa shape index (κ2) is 11.8. The Bertz CT molecular complexity index is 1280. The number of morpholine rings is 1. The topological polar surface area (TPSA) is 155 Å². The van der Waals surface area contributed by atoms with E-state index in [1.165, 1.54) is 41.6 Å². The average Bonchev–Trinajstić information content (AvgIpc) is 2.86. The Hall–Kier alpha value is -3.79. The number of amides is 2. The number of nitrogens with zero attached hydrogens (tertiary/aromatic N) is 2. The van der Waals surface area contributed by atoms with Crippen LogP contribution >= 0.6 is 0 Å². The molecule has 0 aliphatic carbocycles. The SMILES string of the molecule is Cc1ccc(NC(=O)[C@H](C)OC(=O)c2ccc(NC(=O)CC#N)cc2)cc1S(=O)(=O)N1CCOCC1. The van der Waals surface area contributed by atoms with Crippen LogP contribution in [-0.4, -0.2) is 62.9 Å². The summed E-state index contributed by atoms with van der Waals surface area (Å²) in [5.41, 5.74) is 1.34. The number of benzene rings is 2. The van der Waals surface area contributed by atoms with Crippen molar-refractivity contribution in [3.63, 3.8) is 0 Å². The first-order valence-corrected chi connectivity index (χ1v) is 12.5. The molecule has 1 aliphatic rings. The number of anilines is 2. The van der Waals surface area contributed by atoms with Gasteiger partial charge in [-0.15, -0.1) is 0 Å². The summed E-state index contributed by atoms with van der Waals surface area (Å²) in [7, 11) is -3.77. The van der Waals surface area contributed by atoms with E-state index in [4.69, 9.17) is 14.7 Å². The zero-order chi connectivity index (χ0) is 26.3. The predicted molar refractivity (Wildman–Crippen MR) is 130 cm³/mol. The third-order valence-corrected chi connectivity index (χ3v) is 7.38. The molecular formula is C24H26N4O7S. The minimum atomic E-state index is -3.77. The van der Waals surface area contributed by atoms with Gasteiger partial charge in [-0.2, -0.15) is 9.57 Å². The molecule has 190 valence electrons. The minimum absolute atomic E-state index is 0.0776. The first kappa shape index (κ1) is 26.8. The molecule has 1 aliphatic heterocycles. The van der Waals surface area contributed by atoms with Crippen LogP contribution in [0, 0.1) is 18.3 Å². The maximum Gasteiger partial charge on any atom is 0.338 e. The molecule has 0 spiro atoms. The maximum atomic E-state index is 13.0. The fourth-order valence-electron chi connectivity index (χ4n) is 3.37. The van der Waals surface area contributed by atoms with Crippen molar-refractivity contribution in [2.24, 2.45) is 0 Å². The van der Waals surface area contributed by atoms with Gasteiger partial charge in [0.25, 0.3) is 5.91 Å². The highest BCUT2D eigenvalue weighted by Crippen LogP contribution is 2.24. The molecular weight excluding hydrogens is 488 g/mol. The molecule has 2 amide bonds. The second-order valence-corrected chi connectivity index (χ2v) is 9.90. The number of hydrogen-bond acceptors (Lipinski definition) is 8. The van der Waals surface area contributed by atoms with Gasteiger partial charge < -0.3 is 20.1 Å². The highest BCUT2D eigenvalue weighted by atomic mass is 32.2. The van der Waals surface area contributed by atoms with Gasteiger partial charge in [-0.1, -0.05) is 6.07 Å². The van der Waals surface area contributed by atoms with Crippen LogP contribution in [0.2, 0.25) is 0 Å². The summed E-state index contributed by atoms with van der Waals surface area (Å²) in [4.78, 5) is 36.6. The van der Waals surface area contributed by atoms with Gasteiger partial charge in [0.1, 0.15) is 6.42 Å². The highest BCUT2D eigenvalue weighted by molar-refractivity contribution is 7.89. The zero-order valence-corrected chi connectivity index (χ0v) is 20.6. The van der Waals surface area contributed by atoms with E-state index in [0.717, 1.165) is 0 Å². The lowest BCUT2D eigenvalue weighted by molar-refractivity contribution is -0.123. The van der Waals surface area contributed by atoms with Gasteiger partial charge in [0.15, 0.2) is 6.10 Å². The molecule has 0 aromatic heterocycles. The molecule has 0 radical (unpaired) electrons. The highest BCUT2D eigenvalue weighted by Gasteiger charge is 2.28. The van der Waals surface area contributed by atoms with Crippen LogP contribution in [0.4, 0.5) is 11.4 Å². The van der Waals surface area contributed by atoms with E-state index >= 15 is 0 Å². The summed E-state index contributed by atoms with van der Waals surface area (Å²) in [6, 6.07) is 12.0. The monoisotopic (exact) mass is 514 g/mol. The van der Waals surface area contributed by atoms with Crippen molar-refractivity contribution in [2.45, 2.75) is 31.3 Å². The van der Waals surface area contributed by atoms with Gasteiger partial charge >= 0.3 is 5.97 Å². The average molecular weight is 515 g/mol. The molecule has 11 nitrogen and oxygen atoms in total. The van der Waals surface area contributed by atoms with Crippen molar-refractivity contribution >= 4 is 39.2 Å². The van der Waals surface area contributed by atoms with Crippen LogP contribution in [-0.2, 0) is 29.1 Å². The van der Waals surface area contributed by atoms with E-state index in [-0.39, 0.29) is 35.7 Å². The van der Waals surface area contributed by atoms with Gasteiger partial charge in [-0.25, -0.2) is 13.2 Å². The van der Waals surface area contributed by atoms with Crippen molar-refractivity contribution in [1.82, 2.24) is 4.31 Å². The van der Waals surface area contributed by atoms with Crippen LogP contribution in [0.3, 0.4) is 0 Å². The zero-order valence-electron chi connectivity index (χ0n) is 19.8. The lowest BCUT2D eigenvalue weighted by Gasteiger charge is -2.27. The van der Waals surface area contributed by atoms with Gasteiger partial charge in [-0.3, -0.25) is 9.59 Å². The summed E-state index contributed by atoms with van der Waals surface area (Å²) in [6.07, 6.45) is -1.47. The maximum absolute atomic E-state index is 13.0. The summed E-state index contributed by atoms with van der Waals surface area (Å²) in [6.45, 7) is 4.19. The van der Waals surface area contributed by atoms with Gasteiger partial charge in [0, 0.05) is 24.5 Å². The predicted octanol–water partition coefficient (Wildman–Crippen LogP) is 2.05. The number of carbonyl (C=O) groups excluding carboxylic acids is 3. The van der Waals surface area contributed by atoms with Crippen LogP contribution in [0.1, 0.15) is 29.3 Å². The van der Waals surface area contributed by atoms with Crippen LogP contribution < -0.4 is 10.6 Å². The van der Waals surface area contributed by atoms with Crippen molar-refractivity contribution in [2.75, 3.05) is 36.9 Å². The molecule has 1 atom stereocenters. The lowest BCUT2D eigenvalue weighted by Crippen LogP contribution is -2.40. The van der Waals surface area contributed by atoms with Crippen molar-refractivity contribution in [3.8, 4) is 6.07 Å². The van der Waals surface area contributed by atoms with Crippen LogP contribution in [0.25, 0.3) is 0 Å². The quantitative estimate of drug-likeness (QED) is 0.507. The number of esters is 1. The van der Waals surface area contributed by atoms with E-state index in [1.54, 1.807) is 25.1 Å². The smallest absolute Gasteiger partial charge is 0.338 e. The van der Waals surface area contributed by atoms with E-state index in [1.807, 2.05) is 0 Å². The Labute approximate surface area is 209 Å². The van der Waals surface area contributed by atoms with Gasteiger partial charge in [0.05, 0.1) is 29.7 Å². The van der Waals surface area contributed by atoms with E-state index in [2.05, 4.69) is 10.6 Å². The van der Waals surface area contributed by atoms with Gasteiger partial charge in [0.2, 0.25) is 15.9 Å². The Morgan fingerprint density at radius 2 is 1.72 bits per heavy atom. The molecule has 12 heteroatoms. The van der Waals surface area contributed by atoms with Crippen molar-refractivity contribution < 1.29 is 32.3 Å². The molecule has 2 aromatic carbocycles. The number of sulfonamides is 1. The summed E-state index contributed by atoms with van der Waals surface area (Å²) in [5, 5.41) is 13.6. The molecule has 36 heavy (non-hydrogen) atoms. The minimum Gasteiger partial charge on any atom is -0.449 e. The number of nitriles is 1. The number of rotatable bonds is 8. The lowest BCUT2D eigenvalue weighted by atomic mass is 10.2. The van der Waals surface area contributed by atoms with Crippen LogP contribution in [0.5, 0.6) is 0 Å². The molecule has 3 rings (SSSR count). The van der Waals surface area contributed by atoms with Gasteiger partial charge in [-0.05, 0) is 55.8 Å². The van der Waals surface area contributed by atoms with Crippen molar-refractivity contribution in [3.05, 3.63) is 53.6 Å². The molecule has 2 N–H and O–H groups in total. The number of nitrogens with one attached hydrogen (secondary N) is 2. The fraction of sp³-hybridized carbons (Fsp3) is 0.333. The molecule has 0 saturated carbocycles. The molecule has 1 saturated heterocycles. The largest absolute Gasteiger partial charge is 0.449 e. The molecule has 1 heterocycles. The van der Waals surface area contributed by atoms with E-state index < -0.39 is 33.9 Å². The standard InChI is InChI=1S/C24H26N4O7S/c1-16-3-6-20(15-21(16)36(32,33)28-11-13-34-14-12-28)27-23(30)17(2)35-24(31)18-4-7-19(8-5-18)26-22(29)9-10-25/h3-8,15,17H,9,11-14H2,1-2H3,(H,26,29)(H,27,30)/t17-/m0/s1. The Morgan fingerprint density at radius 3 is 2.36 bits per heavy atom. The van der Waals surface area contributed by atoms with E-state index in [0.29, 0.717) is 24.5 Å². The molecule has 0 bridgehead atoms. The third kappa shape index (κ3) is 6.66. The first-order valence-electron chi connectivity index (χ1n) is 11.1. The van der Waals surface area contributed by atoms with E-state index in [9.17, 15) is 22.8 Å². The molecule has 2 aromatic rings. The third-order valence-electron chi connectivity index (χ3n) is 5.34. The summed E-state index contributed by atoms with van der Waals surface area (Å²) in [5.74, 6) is -1.87. The number of hydrogen-bond donors (Lipinski definition) is 2. The molecule has 1 fully saturated rings. The first-order chi connectivity index (χ1) is 17.1. The Kier molecular flexibility index (Phi) is 8.76. The van der Waals surface area contributed by atoms with Crippen LogP contribution in [0.15, 0.2) is 47.4 Å². The summed E-state index contributed by atoms with van der Waals surface area (Å²) >= 11 is 0. The van der Waals surface area contributed by atoms with Crippen molar-refractivity contribution in [1.29, 1.82) is 5.26 Å². The fourth-order valence-corrected chi connectivity index (χ4v) is 5.03. The number of carbonyl (C=O) groups is 3. The number of aryl methyl sites for hydroxylation is 1. The summed E-state index contributed by atoms with van der Waals surface area (Å²) < 4.78 is 37.9. The molecule has 0 unspecified atom stereocenters. The normalized spacial score (nSPS) is 14.8. The Balaban J connectivity index is 1.63. The number of ether oxygens (including phenoxy) is 2. The Morgan fingerprint density at radius 1 is 1.08 bits per heavy atom. The second-order valence-electron chi connectivity index (χ2n) is 7.99.